The second-order valence-electron chi connectivity index (χ2n) is 4.15. The smallest absolute Gasteiger partial charge is 0.251 e. The van der Waals surface area contributed by atoms with E-state index in [0.717, 1.165) is 25.9 Å². The van der Waals surface area contributed by atoms with Crippen molar-refractivity contribution in [2.45, 2.75) is 18.9 Å². The van der Waals surface area contributed by atoms with E-state index in [-0.39, 0.29) is 17.8 Å². The van der Waals surface area contributed by atoms with Crippen LogP contribution in [0.2, 0.25) is 0 Å². The zero-order chi connectivity index (χ0) is 12.3. The van der Waals surface area contributed by atoms with E-state index < -0.39 is 0 Å². The number of carbonyl (C=O) groups excluding carboxylic acids is 1. The highest BCUT2D eigenvalue weighted by Gasteiger charge is 2.16. The van der Waals surface area contributed by atoms with Crippen LogP contribution in [0.25, 0.3) is 0 Å². The van der Waals surface area contributed by atoms with Crippen LogP contribution in [0, 0.1) is 5.82 Å². The van der Waals surface area contributed by atoms with Gasteiger partial charge in [-0.1, -0.05) is 0 Å². The van der Waals surface area contributed by atoms with Crippen molar-refractivity contribution in [2.24, 2.45) is 0 Å². The van der Waals surface area contributed by atoms with Crippen LogP contribution in [0.4, 0.5) is 4.39 Å². The molecule has 5 heteroatoms. The Bertz CT molecular complexity index is 419. The standard InChI is InChI=1S/C12H14BrFN2O/c13-10-6-8(3-4-11(10)14)12(17)16-9-2-1-5-15-7-9/h3-4,6,9,15H,1-2,5,7H2,(H,16,17)/t9-/m0/s1. The minimum absolute atomic E-state index is 0.153. The van der Waals surface area contributed by atoms with E-state index >= 15 is 0 Å². The van der Waals surface area contributed by atoms with Crippen molar-refractivity contribution >= 4 is 21.8 Å². The van der Waals surface area contributed by atoms with E-state index in [1.165, 1.54) is 18.2 Å². The van der Waals surface area contributed by atoms with Crippen molar-refractivity contribution in [3.05, 3.63) is 34.1 Å². The van der Waals surface area contributed by atoms with Gasteiger partial charge in [0.05, 0.1) is 4.47 Å². The Kier molecular flexibility index (Phi) is 4.12. The molecule has 0 saturated carbocycles. The van der Waals surface area contributed by atoms with Crippen LogP contribution in [0.1, 0.15) is 23.2 Å². The molecule has 0 radical (unpaired) electrons. The number of nitrogens with one attached hydrogen (secondary N) is 2. The van der Waals surface area contributed by atoms with Crippen LogP contribution < -0.4 is 10.6 Å². The van der Waals surface area contributed by atoms with Crippen molar-refractivity contribution in [1.29, 1.82) is 0 Å². The molecule has 3 nitrogen and oxygen atoms in total. The van der Waals surface area contributed by atoms with Crippen LogP contribution in [-0.4, -0.2) is 25.0 Å². The quantitative estimate of drug-likeness (QED) is 0.878. The monoisotopic (exact) mass is 300 g/mol. The molecule has 1 amide bonds. The van der Waals surface area contributed by atoms with Gasteiger partial charge in [0.15, 0.2) is 0 Å². The summed E-state index contributed by atoms with van der Waals surface area (Å²) in [4.78, 5) is 11.9. The first-order chi connectivity index (χ1) is 8.16. The Hall–Kier alpha value is -0.940. The summed E-state index contributed by atoms with van der Waals surface area (Å²) in [5, 5.41) is 6.17. The lowest BCUT2D eigenvalue weighted by Crippen LogP contribution is -2.45. The lowest BCUT2D eigenvalue weighted by atomic mass is 10.1. The minimum Gasteiger partial charge on any atom is -0.348 e. The number of amides is 1. The van der Waals surface area contributed by atoms with Gasteiger partial charge >= 0.3 is 0 Å². The largest absolute Gasteiger partial charge is 0.348 e. The molecule has 0 aromatic heterocycles. The van der Waals surface area contributed by atoms with Gasteiger partial charge in [-0.2, -0.15) is 0 Å². The Balaban J connectivity index is 2.01. The molecule has 1 atom stereocenters. The molecule has 92 valence electrons. The summed E-state index contributed by atoms with van der Waals surface area (Å²) in [6, 6.07) is 4.45. The average Bonchev–Trinajstić information content (AvgIpc) is 2.34. The van der Waals surface area contributed by atoms with Crippen molar-refractivity contribution in [1.82, 2.24) is 10.6 Å². The van der Waals surface area contributed by atoms with Gasteiger partial charge < -0.3 is 10.6 Å². The molecular weight excluding hydrogens is 287 g/mol. The Morgan fingerprint density at radius 2 is 2.35 bits per heavy atom. The molecule has 17 heavy (non-hydrogen) atoms. The predicted molar refractivity (Wildman–Crippen MR) is 67.5 cm³/mol. The minimum atomic E-state index is -0.360. The predicted octanol–water partition coefficient (Wildman–Crippen LogP) is 2.07. The van der Waals surface area contributed by atoms with E-state index in [0.29, 0.717) is 10.0 Å². The third-order valence-electron chi connectivity index (χ3n) is 2.81. The Morgan fingerprint density at radius 1 is 1.53 bits per heavy atom. The zero-order valence-electron chi connectivity index (χ0n) is 9.30. The highest BCUT2D eigenvalue weighted by Crippen LogP contribution is 2.17. The third kappa shape index (κ3) is 3.26. The van der Waals surface area contributed by atoms with Crippen molar-refractivity contribution in [3.8, 4) is 0 Å². The molecular formula is C12H14BrFN2O. The molecule has 1 saturated heterocycles. The first-order valence-corrected chi connectivity index (χ1v) is 6.43. The molecule has 0 unspecified atom stereocenters. The number of benzene rings is 1. The van der Waals surface area contributed by atoms with Crippen molar-refractivity contribution < 1.29 is 9.18 Å². The fourth-order valence-electron chi connectivity index (χ4n) is 1.88. The van der Waals surface area contributed by atoms with Gasteiger partial charge in [0.25, 0.3) is 5.91 Å². The van der Waals surface area contributed by atoms with Gasteiger partial charge in [0.2, 0.25) is 0 Å². The highest BCUT2D eigenvalue weighted by molar-refractivity contribution is 9.10. The first kappa shape index (κ1) is 12.5. The average molecular weight is 301 g/mol. The molecule has 0 aliphatic carbocycles. The number of halogens is 2. The van der Waals surface area contributed by atoms with Crippen LogP contribution in [0.5, 0.6) is 0 Å². The van der Waals surface area contributed by atoms with E-state index in [4.69, 9.17) is 0 Å². The number of hydrogen-bond acceptors (Lipinski definition) is 2. The number of piperidine rings is 1. The summed E-state index contributed by atoms with van der Waals surface area (Å²) in [5.41, 5.74) is 0.476. The summed E-state index contributed by atoms with van der Waals surface area (Å²) < 4.78 is 13.3. The summed E-state index contributed by atoms with van der Waals surface area (Å²) in [6.07, 6.45) is 2.05. The molecule has 1 aromatic carbocycles. The van der Waals surface area contributed by atoms with E-state index in [2.05, 4.69) is 26.6 Å². The molecule has 1 aliphatic rings. The lowest BCUT2D eigenvalue weighted by molar-refractivity contribution is 0.0930. The van der Waals surface area contributed by atoms with Gasteiger partial charge in [-0.05, 0) is 53.5 Å². The Labute approximate surface area is 108 Å². The lowest BCUT2D eigenvalue weighted by Gasteiger charge is -2.23. The topological polar surface area (TPSA) is 41.1 Å². The van der Waals surface area contributed by atoms with E-state index in [9.17, 15) is 9.18 Å². The number of carbonyl (C=O) groups is 1. The van der Waals surface area contributed by atoms with Crippen LogP contribution >= 0.6 is 15.9 Å². The summed E-state index contributed by atoms with van der Waals surface area (Å²) in [6.45, 7) is 1.81. The molecule has 1 heterocycles. The maximum atomic E-state index is 13.0. The first-order valence-electron chi connectivity index (χ1n) is 5.63. The van der Waals surface area contributed by atoms with Gasteiger partial charge in [-0.3, -0.25) is 4.79 Å². The van der Waals surface area contributed by atoms with Gasteiger partial charge in [-0.25, -0.2) is 4.39 Å². The zero-order valence-corrected chi connectivity index (χ0v) is 10.9. The molecule has 2 N–H and O–H groups in total. The van der Waals surface area contributed by atoms with Crippen LogP contribution in [0.3, 0.4) is 0 Å². The number of hydrogen-bond donors (Lipinski definition) is 2. The fraction of sp³-hybridized carbons (Fsp3) is 0.417. The molecule has 0 spiro atoms. The molecule has 1 aromatic rings. The summed E-state index contributed by atoms with van der Waals surface area (Å²) >= 11 is 3.07. The maximum absolute atomic E-state index is 13.0. The van der Waals surface area contributed by atoms with Crippen molar-refractivity contribution in [2.75, 3.05) is 13.1 Å². The van der Waals surface area contributed by atoms with Gasteiger partial charge in [0.1, 0.15) is 5.82 Å². The molecule has 1 fully saturated rings. The summed E-state index contributed by atoms with van der Waals surface area (Å²) in [7, 11) is 0. The second kappa shape index (κ2) is 5.60. The second-order valence-corrected chi connectivity index (χ2v) is 5.00. The summed E-state index contributed by atoms with van der Waals surface area (Å²) in [5.74, 6) is -0.514. The maximum Gasteiger partial charge on any atom is 0.251 e. The fourth-order valence-corrected chi connectivity index (χ4v) is 2.26. The van der Waals surface area contributed by atoms with E-state index in [1.54, 1.807) is 0 Å². The van der Waals surface area contributed by atoms with Crippen molar-refractivity contribution in [3.63, 3.8) is 0 Å². The van der Waals surface area contributed by atoms with Gasteiger partial charge in [-0.15, -0.1) is 0 Å². The molecule has 0 bridgehead atoms. The molecule has 2 rings (SSSR count). The van der Waals surface area contributed by atoms with Crippen LogP contribution in [0.15, 0.2) is 22.7 Å². The number of rotatable bonds is 2. The molecule has 1 aliphatic heterocycles. The SMILES string of the molecule is O=C(N[C@H]1CCCNC1)c1ccc(F)c(Br)c1. The van der Waals surface area contributed by atoms with Gasteiger partial charge in [0, 0.05) is 18.2 Å². The highest BCUT2D eigenvalue weighted by atomic mass is 79.9. The van der Waals surface area contributed by atoms with E-state index in [1.807, 2.05) is 0 Å². The van der Waals surface area contributed by atoms with Crippen LogP contribution in [-0.2, 0) is 0 Å². The normalized spacial score (nSPS) is 20.0. The third-order valence-corrected chi connectivity index (χ3v) is 3.42. The Morgan fingerprint density at radius 3 is 3.00 bits per heavy atom.